The van der Waals surface area contributed by atoms with Gasteiger partial charge in [-0.2, -0.15) is 11.8 Å². The highest BCUT2D eigenvalue weighted by Gasteiger charge is 2.22. The number of benzene rings is 2. The lowest BCUT2D eigenvalue weighted by molar-refractivity contribution is -0.118. The van der Waals surface area contributed by atoms with Crippen LogP contribution in [0.3, 0.4) is 0 Å². The van der Waals surface area contributed by atoms with Gasteiger partial charge in [0.15, 0.2) is 0 Å². The van der Waals surface area contributed by atoms with Crippen molar-refractivity contribution in [3.05, 3.63) is 64.1 Å². The molecule has 0 bridgehead atoms. The molecular weight excluding hydrogens is 400 g/mol. The zero-order valence-corrected chi connectivity index (χ0v) is 16.6. The van der Waals surface area contributed by atoms with E-state index in [9.17, 15) is 9.59 Å². The van der Waals surface area contributed by atoms with E-state index in [0.29, 0.717) is 16.5 Å². The Hall–Kier alpha value is -1.79. The Bertz CT molecular complexity index is 734. The van der Waals surface area contributed by atoms with E-state index in [1.54, 1.807) is 30.0 Å². The van der Waals surface area contributed by atoms with E-state index in [1.165, 1.54) is 0 Å². The van der Waals surface area contributed by atoms with Crippen LogP contribution in [-0.4, -0.2) is 29.9 Å². The van der Waals surface area contributed by atoms with Crippen molar-refractivity contribution in [2.75, 3.05) is 17.3 Å². The quantitative estimate of drug-likeness (QED) is 0.703. The van der Waals surface area contributed by atoms with Gasteiger partial charge >= 0.3 is 0 Å². The van der Waals surface area contributed by atoms with Crippen molar-refractivity contribution in [1.82, 2.24) is 5.32 Å². The van der Waals surface area contributed by atoms with Crippen LogP contribution in [0, 0.1) is 6.92 Å². The van der Waals surface area contributed by atoms with Crippen LogP contribution in [0.1, 0.15) is 22.3 Å². The maximum atomic E-state index is 12.6. The van der Waals surface area contributed by atoms with Gasteiger partial charge in [0.1, 0.15) is 6.04 Å². The van der Waals surface area contributed by atoms with Gasteiger partial charge in [0, 0.05) is 10.2 Å². The number of hydrogen-bond acceptors (Lipinski definition) is 3. The molecule has 0 saturated carbocycles. The van der Waals surface area contributed by atoms with E-state index in [-0.39, 0.29) is 11.8 Å². The van der Waals surface area contributed by atoms with Crippen molar-refractivity contribution in [3.8, 4) is 0 Å². The van der Waals surface area contributed by atoms with Gasteiger partial charge < -0.3 is 10.6 Å². The monoisotopic (exact) mass is 420 g/mol. The lowest BCUT2D eigenvalue weighted by Crippen LogP contribution is -2.44. The van der Waals surface area contributed by atoms with E-state index in [0.717, 1.165) is 17.0 Å². The molecule has 6 heteroatoms. The minimum atomic E-state index is -0.589. The molecule has 2 rings (SSSR count). The Morgan fingerprint density at radius 3 is 2.44 bits per heavy atom. The molecule has 0 heterocycles. The average molecular weight is 421 g/mol. The van der Waals surface area contributed by atoms with Crippen LogP contribution in [0.5, 0.6) is 0 Å². The highest BCUT2D eigenvalue weighted by molar-refractivity contribution is 9.10. The molecule has 0 fully saturated rings. The summed E-state index contributed by atoms with van der Waals surface area (Å²) in [5, 5.41) is 5.72. The van der Waals surface area contributed by atoms with Gasteiger partial charge in [-0.15, -0.1) is 0 Å². The number of hydrogen-bond donors (Lipinski definition) is 2. The normalized spacial score (nSPS) is 11.6. The molecule has 0 unspecified atom stereocenters. The first-order valence-electron chi connectivity index (χ1n) is 7.93. The minimum absolute atomic E-state index is 0.210. The second-order valence-corrected chi connectivity index (χ2v) is 7.48. The number of amides is 2. The Morgan fingerprint density at radius 2 is 1.80 bits per heavy atom. The fourth-order valence-electron chi connectivity index (χ4n) is 2.25. The lowest BCUT2D eigenvalue weighted by Gasteiger charge is -2.18. The van der Waals surface area contributed by atoms with E-state index in [1.807, 2.05) is 43.5 Å². The largest absolute Gasteiger partial charge is 0.340 e. The SMILES string of the molecule is CSCC[C@H](NC(=O)c1ccccc1Br)C(=O)Nc1ccc(C)cc1. The van der Waals surface area contributed by atoms with Crippen molar-refractivity contribution in [2.24, 2.45) is 0 Å². The summed E-state index contributed by atoms with van der Waals surface area (Å²) in [5.74, 6) is 0.304. The van der Waals surface area contributed by atoms with Gasteiger partial charge in [-0.3, -0.25) is 9.59 Å². The maximum Gasteiger partial charge on any atom is 0.253 e. The second kappa shape index (κ2) is 9.63. The van der Waals surface area contributed by atoms with Crippen LogP contribution >= 0.6 is 27.7 Å². The van der Waals surface area contributed by atoms with Gasteiger partial charge in [0.25, 0.3) is 5.91 Å². The van der Waals surface area contributed by atoms with Crippen LogP contribution in [0.25, 0.3) is 0 Å². The minimum Gasteiger partial charge on any atom is -0.340 e. The second-order valence-electron chi connectivity index (χ2n) is 5.64. The number of halogens is 1. The number of thioether (sulfide) groups is 1. The van der Waals surface area contributed by atoms with Crippen molar-refractivity contribution < 1.29 is 9.59 Å². The topological polar surface area (TPSA) is 58.2 Å². The predicted molar refractivity (Wildman–Crippen MR) is 108 cm³/mol. The molecule has 0 aliphatic heterocycles. The lowest BCUT2D eigenvalue weighted by atomic mass is 10.1. The van der Waals surface area contributed by atoms with E-state index in [4.69, 9.17) is 0 Å². The fourth-order valence-corrected chi connectivity index (χ4v) is 3.19. The van der Waals surface area contributed by atoms with Crippen LogP contribution in [0.2, 0.25) is 0 Å². The third-order valence-electron chi connectivity index (χ3n) is 3.67. The molecule has 25 heavy (non-hydrogen) atoms. The molecule has 0 aromatic heterocycles. The molecule has 0 spiro atoms. The van der Waals surface area contributed by atoms with Gasteiger partial charge in [0.2, 0.25) is 5.91 Å². The summed E-state index contributed by atoms with van der Waals surface area (Å²) >= 11 is 5.01. The molecule has 0 radical (unpaired) electrons. The van der Waals surface area contributed by atoms with E-state index < -0.39 is 6.04 Å². The summed E-state index contributed by atoms with van der Waals surface area (Å²) in [7, 11) is 0. The molecule has 2 aromatic rings. The van der Waals surface area contributed by atoms with Crippen molar-refractivity contribution in [2.45, 2.75) is 19.4 Å². The van der Waals surface area contributed by atoms with E-state index >= 15 is 0 Å². The molecular formula is C19H21BrN2O2S. The van der Waals surface area contributed by atoms with Gasteiger partial charge in [-0.25, -0.2) is 0 Å². The summed E-state index contributed by atoms with van der Waals surface area (Å²) in [6.07, 6.45) is 2.54. The average Bonchev–Trinajstić information content (AvgIpc) is 2.60. The Morgan fingerprint density at radius 1 is 1.12 bits per heavy atom. The number of rotatable bonds is 7. The predicted octanol–water partition coefficient (Wildman–Crippen LogP) is 4.25. The molecule has 2 amide bonds. The zero-order valence-electron chi connectivity index (χ0n) is 14.2. The van der Waals surface area contributed by atoms with Gasteiger partial charge in [-0.05, 0) is 65.5 Å². The van der Waals surface area contributed by atoms with Gasteiger partial charge in [0.05, 0.1) is 5.56 Å². The molecule has 0 aliphatic carbocycles. The number of aryl methyl sites for hydroxylation is 1. The van der Waals surface area contributed by atoms with Crippen molar-refractivity contribution >= 4 is 45.2 Å². The Labute approximate surface area is 160 Å². The number of carbonyl (C=O) groups is 2. The molecule has 0 aliphatic rings. The molecule has 4 nitrogen and oxygen atoms in total. The summed E-state index contributed by atoms with van der Waals surface area (Å²) in [6, 6.07) is 14.2. The summed E-state index contributed by atoms with van der Waals surface area (Å²) in [5.41, 5.74) is 2.36. The first-order chi connectivity index (χ1) is 12.0. The van der Waals surface area contributed by atoms with Crippen LogP contribution < -0.4 is 10.6 Å². The summed E-state index contributed by atoms with van der Waals surface area (Å²) < 4.78 is 0.704. The highest BCUT2D eigenvalue weighted by Crippen LogP contribution is 2.16. The van der Waals surface area contributed by atoms with Crippen LogP contribution in [0.4, 0.5) is 5.69 Å². The van der Waals surface area contributed by atoms with Gasteiger partial charge in [-0.1, -0.05) is 29.8 Å². The molecule has 1 atom stereocenters. The maximum absolute atomic E-state index is 12.6. The summed E-state index contributed by atoms with van der Waals surface area (Å²) in [6.45, 7) is 1.99. The highest BCUT2D eigenvalue weighted by atomic mass is 79.9. The van der Waals surface area contributed by atoms with Crippen molar-refractivity contribution in [1.29, 1.82) is 0 Å². The van der Waals surface area contributed by atoms with Crippen LogP contribution in [-0.2, 0) is 4.79 Å². The Balaban J connectivity index is 2.09. The summed E-state index contributed by atoms with van der Waals surface area (Å²) in [4.78, 5) is 25.1. The molecule has 2 N–H and O–H groups in total. The fraction of sp³-hybridized carbons (Fsp3) is 0.263. The molecule has 2 aromatic carbocycles. The third kappa shape index (κ3) is 5.90. The van der Waals surface area contributed by atoms with Crippen LogP contribution in [0.15, 0.2) is 53.0 Å². The first kappa shape index (κ1) is 19.5. The third-order valence-corrected chi connectivity index (χ3v) is 5.01. The van der Waals surface area contributed by atoms with Crippen molar-refractivity contribution in [3.63, 3.8) is 0 Å². The zero-order chi connectivity index (χ0) is 18.2. The molecule has 0 saturated heterocycles. The van der Waals surface area contributed by atoms with E-state index in [2.05, 4.69) is 26.6 Å². The number of carbonyl (C=O) groups excluding carboxylic acids is 2. The molecule has 132 valence electrons. The Kier molecular flexibility index (Phi) is 7.52. The smallest absolute Gasteiger partial charge is 0.253 e. The standard InChI is InChI=1S/C19H21BrN2O2S/c1-13-7-9-14(10-8-13)21-19(24)17(11-12-25-2)22-18(23)15-5-3-4-6-16(15)20/h3-10,17H,11-12H2,1-2H3,(H,21,24)(H,22,23)/t17-/m0/s1. The number of anilines is 1. The number of nitrogens with one attached hydrogen (secondary N) is 2. The first-order valence-corrected chi connectivity index (χ1v) is 10.1.